The third-order valence-corrected chi connectivity index (χ3v) is 4.50. The van der Waals surface area contributed by atoms with Crippen molar-refractivity contribution in [1.82, 2.24) is 9.97 Å². The van der Waals surface area contributed by atoms with Crippen molar-refractivity contribution in [2.45, 2.75) is 0 Å². The molecule has 2 heterocycles. The van der Waals surface area contributed by atoms with Gasteiger partial charge in [-0.15, -0.1) is 0 Å². The molecule has 0 radical (unpaired) electrons. The molecule has 0 aliphatic rings. The SMILES string of the molecule is O=C(Nc1ccc(F)cc1)Nc1nc2ccncc2cc1-c1c(F)cccc1Cl. The van der Waals surface area contributed by atoms with Gasteiger partial charge in [0.1, 0.15) is 17.5 Å². The summed E-state index contributed by atoms with van der Waals surface area (Å²) in [5.74, 6) is -0.850. The quantitative estimate of drug-likeness (QED) is 0.443. The van der Waals surface area contributed by atoms with Crippen LogP contribution < -0.4 is 10.6 Å². The first-order chi connectivity index (χ1) is 14.0. The number of carbonyl (C=O) groups is 1. The number of aromatic nitrogens is 2. The first-order valence-electron chi connectivity index (χ1n) is 8.54. The fourth-order valence-electron chi connectivity index (χ4n) is 2.86. The van der Waals surface area contributed by atoms with Gasteiger partial charge in [0, 0.05) is 34.6 Å². The maximum Gasteiger partial charge on any atom is 0.324 e. The molecule has 4 rings (SSSR count). The number of pyridine rings is 2. The molecule has 2 aromatic heterocycles. The molecule has 2 aromatic carbocycles. The van der Waals surface area contributed by atoms with Crippen molar-refractivity contribution >= 4 is 40.0 Å². The molecule has 0 saturated carbocycles. The van der Waals surface area contributed by atoms with Crippen LogP contribution in [0.3, 0.4) is 0 Å². The van der Waals surface area contributed by atoms with E-state index in [0.717, 1.165) is 0 Å². The molecule has 2 N–H and O–H groups in total. The number of nitrogens with zero attached hydrogens (tertiary/aromatic N) is 2. The molecule has 144 valence electrons. The minimum absolute atomic E-state index is 0.115. The maximum atomic E-state index is 14.5. The van der Waals surface area contributed by atoms with Crippen LogP contribution in [0.15, 0.2) is 67.0 Å². The number of amides is 2. The Balaban J connectivity index is 1.76. The monoisotopic (exact) mass is 410 g/mol. The predicted molar refractivity (Wildman–Crippen MR) is 109 cm³/mol. The van der Waals surface area contributed by atoms with Crippen molar-refractivity contribution in [3.8, 4) is 11.1 Å². The summed E-state index contributed by atoms with van der Waals surface area (Å²) in [6.45, 7) is 0. The Bertz CT molecular complexity index is 1190. The minimum atomic E-state index is -0.619. The highest BCUT2D eigenvalue weighted by Gasteiger charge is 2.18. The van der Waals surface area contributed by atoms with Crippen LogP contribution in [0.4, 0.5) is 25.1 Å². The van der Waals surface area contributed by atoms with Gasteiger partial charge in [0.25, 0.3) is 0 Å². The average Bonchev–Trinajstić information content (AvgIpc) is 2.70. The van der Waals surface area contributed by atoms with Gasteiger partial charge in [0.15, 0.2) is 0 Å². The molecular formula is C21H13ClF2N4O. The van der Waals surface area contributed by atoms with Crippen molar-refractivity contribution in [3.05, 3.63) is 83.6 Å². The van der Waals surface area contributed by atoms with Gasteiger partial charge in [-0.25, -0.2) is 18.6 Å². The summed E-state index contributed by atoms with van der Waals surface area (Å²) >= 11 is 6.22. The third kappa shape index (κ3) is 4.00. The van der Waals surface area contributed by atoms with Crippen LogP contribution in [-0.2, 0) is 0 Å². The number of fused-ring (bicyclic) bond motifs is 1. The van der Waals surface area contributed by atoms with Crippen molar-refractivity contribution in [3.63, 3.8) is 0 Å². The van der Waals surface area contributed by atoms with E-state index >= 15 is 0 Å². The Morgan fingerprint density at radius 1 is 1.00 bits per heavy atom. The minimum Gasteiger partial charge on any atom is -0.308 e. The normalized spacial score (nSPS) is 10.7. The number of carbonyl (C=O) groups excluding carboxylic acids is 1. The fraction of sp³-hybridized carbons (Fsp3) is 0. The molecule has 0 aliphatic heterocycles. The number of urea groups is 1. The van der Waals surface area contributed by atoms with Gasteiger partial charge < -0.3 is 5.32 Å². The van der Waals surface area contributed by atoms with Crippen molar-refractivity contribution < 1.29 is 13.6 Å². The maximum absolute atomic E-state index is 14.5. The largest absolute Gasteiger partial charge is 0.324 e. The van der Waals surface area contributed by atoms with Crippen molar-refractivity contribution in [2.24, 2.45) is 0 Å². The standard InChI is InChI=1S/C21H13ClF2N4O/c22-16-2-1-3-17(24)19(16)15-10-12-11-25-9-8-18(12)27-20(15)28-21(29)26-14-6-4-13(23)5-7-14/h1-11H,(H2,26,27,28,29). The Labute approximate surface area is 169 Å². The topological polar surface area (TPSA) is 66.9 Å². The zero-order valence-electron chi connectivity index (χ0n) is 14.8. The molecule has 0 bridgehead atoms. The zero-order valence-corrected chi connectivity index (χ0v) is 15.5. The molecule has 0 spiro atoms. The number of rotatable bonds is 3. The number of hydrogen-bond acceptors (Lipinski definition) is 3. The lowest BCUT2D eigenvalue weighted by molar-refractivity contribution is 0.262. The second kappa shape index (κ2) is 7.81. The summed E-state index contributed by atoms with van der Waals surface area (Å²) in [7, 11) is 0. The van der Waals surface area contributed by atoms with Crippen molar-refractivity contribution in [1.29, 1.82) is 0 Å². The second-order valence-electron chi connectivity index (χ2n) is 6.14. The highest BCUT2D eigenvalue weighted by atomic mass is 35.5. The molecular weight excluding hydrogens is 398 g/mol. The first kappa shape index (κ1) is 18.8. The molecule has 0 saturated heterocycles. The van der Waals surface area contributed by atoms with Gasteiger partial charge >= 0.3 is 6.03 Å². The summed E-state index contributed by atoms with van der Waals surface area (Å²) in [5, 5.41) is 6.03. The van der Waals surface area contributed by atoms with Crippen LogP contribution in [0.2, 0.25) is 5.02 Å². The van der Waals surface area contributed by atoms with Crippen LogP contribution in [0.1, 0.15) is 0 Å². The zero-order chi connectivity index (χ0) is 20.4. The van der Waals surface area contributed by atoms with E-state index in [1.54, 1.807) is 30.6 Å². The van der Waals surface area contributed by atoms with Gasteiger partial charge in [0.05, 0.1) is 10.5 Å². The molecule has 4 aromatic rings. The first-order valence-corrected chi connectivity index (χ1v) is 8.92. The molecule has 2 amide bonds. The summed E-state index contributed by atoms with van der Waals surface area (Å²) in [5.41, 5.74) is 1.38. The number of halogens is 3. The molecule has 8 heteroatoms. The lowest BCUT2D eigenvalue weighted by atomic mass is 10.0. The summed E-state index contributed by atoms with van der Waals surface area (Å²) < 4.78 is 27.6. The molecule has 0 aliphatic carbocycles. The Hall–Kier alpha value is -3.58. The lowest BCUT2D eigenvalue weighted by Gasteiger charge is -2.14. The van der Waals surface area contributed by atoms with Crippen LogP contribution >= 0.6 is 11.6 Å². The van der Waals surface area contributed by atoms with E-state index in [-0.39, 0.29) is 16.4 Å². The highest BCUT2D eigenvalue weighted by molar-refractivity contribution is 6.33. The third-order valence-electron chi connectivity index (χ3n) is 4.18. The van der Waals surface area contributed by atoms with Crippen LogP contribution in [-0.4, -0.2) is 16.0 Å². The van der Waals surface area contributed by atoms with E-state index in [1.165, 1.54) is 36.4 Å². The van der Waals surface area contributed by atoms with Crippen LogP contribution in [0.25, 0.3) is 22.0 Å². The number of hydrogen-bond donors (Lipinski definition) is 2. The molecule has 0 atom stereocenters. The summed E-state index contributed by atoms with van der Waals surface area (Å²) in [6.07, 6.45) is 3.15. The van der Waals surface area contributed by atoms with E-state index in [2.05, 4.69) is 20.6 Å². The van der Waals surface area contributed by atoms with Gasteiger partial charge in [-0.05, 0) is 48.5 Å². The number of benzene rings is 2. The van der Waals surface area contributed by atoms with Crippen LogP contribution in [0.5, 0.6) is 0 Å². The molecule has 0 fully saturated rings. The fourth-order valence-corrected chi connectivity index (χ4v) is 3.13. The van der Waals surface area contributed by atoms with E-state index in [4.69, 9.17) is 11.6 Å². The van der Waals surface area contributed by atoms with E-state index in [1.807, 2.05) is 0 Å². The van der Waals surface area contributed by atoms with E-state index in [0.29, 0.717) is 22.2 Å². The summed E-state index contributed by atoms with van der Waals surface area (Å²) in [4.78, 5) is 20.9. The summed E-state index contributed by atoms with van der Waals surface area (Å²) in [6, 6.07) is 12.3. The van der Waals surface area contributed by atoms with E-state index < -0.39 is 17.7 Å². The molecule has 0 unspecified atom stereocenters. The highest BCUT2D eigenvalue weighted by Crippen LogP contribution is 2.36. The lowest BCUT2D eigenvalue weighted by Crippen LogP contribution is -2.20. The Morgan fingerprint density at radius 2 is 1.79 bits per heavy atom. The van der Waals surface area contributed by atoms with E-state index in [9.17, 15) is 13.6 Å². The second-order valence-corrected chi connectivity index (χ2v) is 6.54. The van der Waals surface area contributed by atoms with Crippen LogP contribution in [0, 0.1) is 11.6 Å². The Morgan fingerprint density at radius 3 is 2.55 bits per heavy atom. The molecule has 29 heavy (non-hydrogen) atoms. The smallest absolute Gasteiger partial charge is 0.308 e. The average molecular weight is 411 g/mol. The number of nitrogens with one attached hydrogen (secondary N) is 2. The number of anilines is 2. The van der Waals surface area contributed by atoms with Gasteiger partial charge in [-0.3, -0.25) is 10.3 Å². The van der Waals surface area contributed by atoms with Crippen molar-refractivity contribution in [2.75, 3.05) is 10.6 Å². The van der Waals surface area contributed by atoms with Gasteiger partial charge in [-0.1, -0.05) is 17.7 Å². The predicted octanol–water partition coefficient (Wildman–Crippen LogP) is 5.87. The van der Waals surface area contributed by atoms with Gasteiger partial charge in [-0.2, -0.15) is 0 Å². The van der Waals surface area contributed by atoms with Gasteiger partial charge in [0.2, 0.25) is 0 Å². The molecule has 5 nitrogen and oxygen atoms in total. The Kier molecular flexibility index (Phi) is 5.05.